The Hall–Kier alpha value is -2.37. The Morgan fingerprint density at radius 1 is 1.15 bits per heavy atom. The molecule has 1 aliphatic heterocycles. The zero-order chi connectivity index (χ0) is 18.6. The molecule has 26 heavy (non-hydrogen) atoms. The van der Waals surface area contributed by atoms with Crippen LogP contribution in [0, 0.1) is 0 Å². The van der Waals surface area contributed by atoms with Crippen molar-refractivity contribution < 1.29 is 14.4 Å². The van der Waals surface area contributed by atoms with E-state index in [9.17, 15) is 14.4 Å². The Kier molecular flexibility index (Phi) is 5.59. The average molecular weight is 357 g/mol. The summed E-state index contributed by atoms with van der Waals surface area (Å²) in [5.74, 6) is -0.364. The van der Waals surface area contributed by atoms with Crippen LogP contribution in [0.2, 0.25) is 0 Å². The topological polar surface area (TPSA) is 78.5 Å². The molecular weight excluding hydrogens is 330 g/mol. The molecule has 2 fully saturated rings. The second-order valence-electron chi connectivity index (χ2n) is 7.27. The number of hydrogen-bond donors (Lipinski definition) is 2. The van der Waals surface area contributed by atoms with Gasteiger partial charge >= 0.3 is 6.03 Å². The zero-order valence-corrected chi connectivity index (χ0v) is 15.3. The van der Waals surface area contributed by atoms with Crippen LogP contribution in [0.15, 0.2) is 24.3 Å². The van der Waals surface area contributed by atoms with Gasteiger partial charge in [0.25, 0.3) is 5.91 Å². The van der Waals surface area contributed by atoms with Crippen LogP contribution < -0.4 is 10.6 Å². The Morgan fingerprint density at radius 3 is 2.50 bits per heavy atom. The molecule has 6 heteroatoms. The molecule has 4 amide bonds. The van der Waals surface area contributed by atoms with E-state index < -0.39 is 5.54 Å². The number of anilines is 1. The number of rotatable bonds is 6. The molecule has 1 aliphatic carbocycles. The van der Waals surface area contributed by atoms with E-state index in [0.717, 1.165) is 37.8 Å². The number of amides is 4. The molecule has 2 N–H and O–H groups in total. The van der Waals surface area contributed by atoms with Crippen LogP contribution in [0.1, 0.15) is 57.4 Å². The molecule has 1 saturated carbocycles. The van der Waals surface area contributed by atoms with Crippen molar-refractivity contribution in [1.82, 2.24) is 10.2 Å². The lowest BCUT2D eigenvalue weighted by Crippen LogP contribution is -2.48. The molecule has 2 aliphatic rings. The number of urea groups is 1. The van der Waals surface area contributed by atoms with Gasteiger partial charge in [0.15, 0.2) is 0 Å². The van der Waals surface area contributed by atoms with Crippen LogP contribution in [0.5, 0.6) is 0 Å². The lowest BCUT2D eigenvalue weighted by atomic mass is 9.82. The molecule has 0 aromatic heterocycles. The number of carbonyl (C=O) groups excluding carboxylic acids is 3. The fourth-order valence-electron chi connectivity index (χ4n) is 3.85. The van der Waals surface area contributed by atoms with Crippen molar-refractivity contribution in [3.8, 4) is 0 Å². The summed E-state index contributed by atoms with van der Waals surface area (Å²) >= 11 is 0. The van der Waals surface area contributed by atoms with Gasteiger partial charge in [0.05, 0.1) is 0 Å². The normalized spacial score (nSPS) is 18.9. The van der Waals surface area contributed by atoms with Crippen molar-refractivity contribution in [2.24, 2.45) is 0 Å². The van der Waals surface area contributed by atoms with Crippen LogP contribution in [0.25, 0.3) is 0 Å². The Morgan fingerprint density at radius 2 is 1.85 bits per heavy atom. The first-order valence-electron chi connectivity index (χ1n) is 9.57. The number of nitrogens with one attached hydrogen (secondary N) is 2. The predicted octanol–water partition coefficient (Wildman–Crippen LogP) is 3.22. The first-order valence-corrected chi connectivity index (χ1v) is 9.57. The molecule has 1 aromatic rings. The van der Waals surface area contributed by atoms with Gasteiger partial charge in [0.1, 0.15) is 5.54 Å². The van der Waals surface area contributed by atoms with E-state index >= 15 is 0 Å². The number of imide groups is 1. The molecule has 0 unspecified atom stereocenters. The monoisotopic (exact) mass is 357 g/mol. The fraction of sp³-hybridized carbons (Fsp3) is 0.550. The molecule has 1 saturated heterocycles. The van der Waals surface area contributed by atoms with Crippen molar-refractivity contribution in [3.05, 3.63) is 29.8 Å². The van der Waals surface area contributed by atoms with Gasteiger partial charge < -0.3 is 10.6 Å². The molecule has 0 atom stereocenters. The summed E-state index contributed by atoms with van der Waals surface area (Å²) in [4.78, 5) is 38.2. The number of benzene rings is 1. The number of aryl methyl sites for hydroxylation is 1. The van der Waals surface area contributed by atoms with E-state index in [-0.39, 0.29) is 30.8 Å². The molecule has 3 rings (SSSR count). The third-order valence-electron chi connectivity index (χ3n) is 5.29. The number of nitrogens with zero attached hydrogens (tertiary/aromatic N) is 1. The van der Waals surface area contributed by atoms with Crippen molar-refractivity contribution >= 4 is 23.5 Å². The highest BCUT2D eigenvalue weighted by atomic mass is 16.2. The first kappa shape index (κ1) is 18.4. The second-order valence-corrected chi connectivity index (χ2v) is 7.27. The maximum absolute atomic E-state index is 12.7. The van der Waals surface area contributed by atoms with Crippen LogP contribution in [0.4, 0.5) is 10.5 Å². The summed E-state index contributed by atoms with van der Waals surface area (Å²) in [7, 11) is 0. The average Bonchev–Trinajstić information content (AvgIpc) is 2.85. The van der Waals surface area contributed by atoms with E-state index in [0.29, 0.717) is 12.8 Å². The van der Waals surface area contributed by atoms with Gasteiger partial charge in [0, 0.05) is 18.7 Å². The van der Waals surface area contributed by atoms with E-state index in [4.69, 9.17) is 0 Å². The van der Waals surface area contributed by atoms with Crippen molar-refractivity contribution in [1.29, 1.82) is 0 Å². The van der Waals surface area contributed by atoms with Gasteiger partial charge in [-0.1, -0.05) is 44.7 Å². The molecule has 1 heterocycles. The molecular formula is C20H27N3O3. The smallest absolute Gasteiger partial charge is 0.325 e. The third-order valence-corrected chi connectivity index (χ3v) is 5.29. The van der Waals surface area contributed by atoms with E-state index in [1.165, 1.54) is 10.5 Å². The minimum absolute atomic E-state index is 0.103. The molecule has 1 aromatic carbocycles. The summed E-state index contributed by atoms with van der Waals surface area (Å²) in [6.45, 7) is 2.25. The quantitative estimate of drug-likeness (QED) is 0.767. The SMILES string of the molecule is CCCc1ccc(NC(=O)CCN2C(=O)NC3(CCCCC3)C2=O)cc1. The van der Waals surface area contributed by atoms with Crippen LogP contribution >= 0.6 is 0 Å². The predicted molar refractivity (Wildman–Crippen MR) is 99.7 cm³/mol. The maximum Gasteiger partial charge on any atom is 0.325 e. The van der Waals surface area contributed by atoms with Crippen LogP contribution in [-0.2, 0) is 16.0 Å². The summed E-state index contributed by atoms with van der Waals surface area (Å²) in [6, 6.07) is 7.40. The van der Waals surface area contributed by atoms with Gasteiger partial charge in [-0.15, -0.1) is 0 Å². The Labute approximate surface area is 154 Å². The second kappa shape index (κ2) is 7.89. The van der Waals surface area contributed by atoms with E-state index in [1.807, 2.05) is 24.3 Å². The van der Waals surface area contributed by atoms with Gasteiger partial charge in [-0.2, -0.15) is 0 Å². The highest BCUT2D eigenvalue weighted by Gasteiger charge is 2.50. The number of carbonyl (C=O) groups is 3. The Balaban J connectivity index is 1.52. The van der Waals surface area contributed by atoms with Crippen molar-refractivity contribution in [2.75, 3.05) is 11.9 Å². The highest BCUT2D eigenvalue weighted by molar-refractivity contribution is 6.07. The highest BCUT2D eigenvalue weighted by Crippen LogP contribution is 2.33. The van der Waals surface area contributed by atoms with Gasteiger partial charge in [-0.05, 0) is 37.0 Å². The largest absolute Gasteiger partial charge is 0.326 e. The van der Waals surface area contributed by atoms with Crippen molar-refractivity contribution in [3.63, 3.8) is 0 Å². The third kappa shape index (κ3) is 3.89. The summed E-state index contributed by atoms with van der Waals surface area (Å²) in [6.07, 6.45) is 6.61. The van der Waals surface area contributed by atoms with Gasteiger partial charge in [-0.25, -0.2) is 4.79 Å². The minimum Gasteiger partial charge on any atom is -0.326 e. The van der Waals surface area contributed by atoms with Gasteiger partial charge in [0.2, 0.25) is 5.91 Å². The summed E-state index contributed by atoms with van der Waals surface area (Å²) in [5.41, 5.74) is 1.25. The lowest BCUT2D eigenvalue weighted by molar-refractivity contribution is -0.132. The zero-order valence-electron chi connectivity index (χ0n) is 15.3. The molecule has 1 spiro atoms. The molecule has 0 bridgehead atoms. The summed E-state index contributed by atoms with van der Waals surface area (Å²) in [5, 5.41) is 5.69. The van der Waals surface area contributed by atoms with E-state index in [1.54, 1.807) is 0 Å². The molecule has 6 nitrogen and oxygen atoms in total. The summed E-state index contributed by atoms with van der Waals surface area (Å²) < 4.78 is 0. The standard InChI is InChI=1S/C20H27N3O3/c1-2-6-15-7-9-16(10-8-15)21-17(24)11-14-23-18(25)20(22-19(23)26)12-4-3-5-13-20/h7-10H,2-6,11-14H2,1H3,(H,21,24)(H,22,26). The van der Waals surface area contributed by atoms with Gasteiger partial charge in [-0.3, -0.25) is 14.5 Å². The van der Waals surface area contributed by atoms with Crippen LogP contribution in [-0.4, -0.2) is 34.8 Å². The number of hydrogen-bond acceptors (Lipinski definition) is 3. The Bertz CT molecular complexity index is 678. The maximum atomic E-state index is 12.7. The molecule has 140 valence electrons. The van der Waals surface area contributed by atoms with Crippen molar-refractivity contribution in [2.45, 2.75) is 63.8 Å². The lowest BCUT2D eigenvalue weighted by Gasteiger charge is -2.30. The molecule has 0 radical (unpaired) electrons. The van der Waals surface area contributed by atoms with E-state index in [2.05, 4.69) is 17.6 Å². The van der Waals surface area contributed by atoms with Crippen LogP contribution in [0.3, 0.4) is 0 Å². The first-order chi connectivity index (χ1) is 12.5. The minimum atomic E-state index is -0.721. The fourth-order valence-corrected chi connectivity index (χ4v) is 3.85.